The van der Waals surface area contributed by atoms with E-state index in [-0.39, 0.29) is 0 Å². The molecule has 2 aromatic heterocycles. The van der Waals surface area contributed by atoms with Crippen LogP contribution < -0.4 is 5.32 Å². The van der Waals surface area contributed by atoms with E-state index in [1.807, 2.05) is 11.3 Å². The minimum absolute atomic E-state index is 0.885. The van der Waals surface area contributed by atoms with E-state index in [9.17, 15) is 0 Å². The maximum Gasteiger partial charge on any atom is 0.107 e. The van der Waals surface area contributed by atoms with E-state index in [1.165, 1.54) is 15.6 Å². The van der Waals surface area contributed by atoms with Gasteiger partial charge in [0.2, 0.25) is 0 Å². The summed E-state index contributed by atoms with van der Waals surface area (Å²) in [6.07, 6.45) is 0. The van der Waals surface area contributed by atoms with E-state index in [0.717, 1.165) is 26.2 Å². The minimum atomic E-state index is 0.885. The average molecular weight is 281 g/mol. The van der Waals surface area contributed by atoms with Gasteiger partial charge < -0.3 is 5.32 Å². The largest absolute Gasteiger partial charge is 0.311 e. The molecule has 0 aliphatic carbocycles. The van der Waals surface area contributed by atoms with Gasteiger partial charge in [-0.15, -0.1) is 22.7 Å². The second-order valence-electron chi connectivity index (χ2n) is 4.26. The van der Waals surface area contributed by atoms with Crippen molar-refractivity contribution in [2.75, 3.05) is 13.6 Å². The van der Waals surface area contributed by atoms with Crippen molar-refractivity contribution in [3.05, 3.63) is 38.5 Å². The Hall–Kier alpha value is -0.750. The molecule has 2 heterocycles. The Morgan fingerprint density at radius 3 is 2.94 bits per heavy atom. The van der Waals surface area contributed by atoms with Gasteiger partial charge in [0.15, 0.2) is 0 Å². The first-order valence-electron chi connectivity index (χ1n) is 6.13. The summed E-state index contributed by atoms with van der Waals surface area (Å²) < 4.78 is 0. The predicted octanol–water partition coefficient (Wildman–Crippen LogP) is 2.95. The van der Waals surface area contributed by atoms with Gasteiger partial charge in [0.25, 0.3) is 0 Å². The average Bonchev–Trinajstić information content (AvgIpc) is 2.98. The highest BCUT2D eigenvalue weighted by Gasteiger charge is 2.06. The van der Waals surface area contributed by atoms with Crippen LogP contribution in [0.5, 0.6) is 0 Å². The molecule has 2 aromatic rings. The highest BCUT2D eigenvalue weighted by atomic mass is 32.1. The Labute approximate surface area is 116 Å². The van der Waals surface area contributed by atoms with Crippen molar-refractivity contribution in [1.29, 1.82) is 0 Å². The second-order valence-corrected chi connectivity index (χ2v) is 6.24. The Kier molecular flexibility index (Phi) is 5.31. The molecule has 0 bridgehead atoms. The molecule has 5 heteroatoms. The van der Waals surface area contributed by atoms with Crippen LogP contribution in [0.3, 0.4) is 0 Å². The molecule has 0 saturated carbocycles. The molecule has 0 atom stereocenters. The van der Waals surface area contributed by atoms with Crippen molar-refractivity contribution in [3.63, 3.8) is 0 Å². The summed E-state index contributed by atoms with van der Waals surface area (Å²) in [5.41, 5.74) is 1.17. The van der Waals surface area contributed by atoms with Gasteiger partial charge in [-0.05, 0) is 25.0 Å². The van der Waals surface area contributed by atoms with E-state index in [0.29, 0.717) is 0 Å². The summed E-state index contributed by atoms with van der Waals surface area (Å²) in [5.74, 6) is 0. The Balaban J connectivity index is 1.83. The number of nitrogens with zero attached hydrogens (tertiary/aromatic N) is 2. The first-order chi connectivity index (χ1) is 8.78. The maximum absolute atomic E-state index is 4.63. The fourth-order valence-electron chi connectivity index (χ4n) is 1.74. The Bertz CT molecular complexity index is 451. The van der Waals surface area contributed by atoms with Gasteiger partial charge in [0.1, 0.15) is 5.01 Å². The lowest BCUT2D eigenvalue weighted by atomic mass is 10.4. The zero-order chi connectivity index (χ0) is 12.8. The lowest BCUT2D eigenvalue weighted by Gasteiger charge is -2.13. The molecule has 98 valence electrons. The highest BCUT2D eigenvalue weighted by molar-refractivity contribution is 7.10. The SMILES string of the molecule is CCNCc1nc(CN(C)Cc2cccs2)cs1. The Morgan fingerprint density at radius 2 is 2.22 bits per heavy atom. The normalized spacial score (nSPS) is 11.3. The van der Waals surface area contributed by atoms with Gasteiger partial charge in [-0.25, -0.2) is 4.98 Å². The van der Waals surface area contributed by atoms with Gasteiger partial charge >= 0.3 is 0 Å². The molecule has 0 aliphatic heterocycles. The molecule has 3 nitrogen and oxygen atoms in total. The van der Waals surface area contributed by atoms with E-state index in [2.05, 4.69) is 52.1 Å². The van der Waals surface area contributed by atoms with Crippen molar-refractivity contribution in [2.24, 2.45) is 0 Å². The summed E-state index contributed by atoms with van der Waals surface area (Å²) in [4.78, 5) is 8.34. The number of aromatic nitrogens is 1. The molecular formula is C13H19N3S2. The number of nitrogens with one attached hydrogen (secondary N) is 1. The monoisotopic (exact) mass is 281 g/mol. The second kappa shape index (κ2) is 6.99. The highest BCUT2D eigenvalue weighted by Crippen LogP contribution is 2.15. The van der Waals surface area contributed by atoms with Gasteiger partial charge in [0.05, 0.1) is 5.69 Å². The fourth-order valence-corrected chi connectivity index (χ4v) is 3.27. The molecule has 2 rings (SSSR count). The topological polar surface area (TPSA) is 28.2 Å². The molecule has 0 radical (unpaired) electrons. The van der Waals surface area contributed by atoms with Crippen LogP contribution in [0.25, 0.3) is 0 Å². The first-order valence-corrected chi connectivity index (χ1v) is 7.88. The molecule has 0 aromatic carbocycles. The van der Waals surface area contributed by atoms with Crippen molar-refractivity contribution < 1.29 is 0 Å². The van der Waals surface area contributed by atoms with Crippen molar-refractivity contribution in [3.8, 4) is 0 Å². The molecule has 0 spiro atoms. The van der Waals surface area contributed by atoms with E-state index in [1.54, 1.807) is 11.3 Å². The van der Waals surface area contributed by atoms with E-state index in [4.69, 9.17) is 0 Å². The van der Waals surface area contributed by atoms with Crippen LogP contribution in [0, 0.1) is 0 Å². The van der Waals surface area contributed by atoms with Gasteiger partial charge in [-0.2, -0.15) is 0 Å². The van der Waals surface area contributed by atoms with Crippen LogP contribution in [0.15, 0.2) is 22.9 Å². The summed E-state index contributed by atoms with van der Waals surface area (Å²) >= 11 is 3.55. The number of hydrogen-bond donors (Lipinski definition) is 1. The zero-order valence-corrected chi connectivity index (χ0v) is 12.5. The summed E-state index contributed by atoms with van der Waals surface area (Å²) in [6, 6.07) is 4.28. The van der Waals surface area contributed by atoms with Crippen LogP contribution >= 0.6 is 22.7 Å². The predicted molar refractivity (Wildman–Crippen MR) is 79.0 cm³/mol. The number of thiophene rings is 1. The van der Waals surface area contributed by atoms with Crippen LogP contribution in [0.4, 0.5) is 0 Å². The smallest absolute Gasteiger partial charge is 0.107 e. The first kappa shape index (κ1) is 13.7. The van der Waals surface area contributed by atoms with Crippen molar-refractivity contribution in [2.45, 2.75) is 26.6 Å². The fraction of sp³-hybridized carbons (Fsp3) is 0.462. The van der Waals surface area contributed by atoms with Gasteiger partial charge in [0, 0.05) is 29.9 Å². The molecule has 18 heavy (non-hydrogen) atoms. The summed E-state index contributed by atoms with van der Waals surface area (Å²) in [6.45, 7) is 5.91. The van der Waals surface area contributed by atoms with E-state index >= 15 is 0 Å². The molecule has 0 unspecified atom stereocenters. The maximum atomic E-state index is 4.63. The number of thiazole rings is 1. The number of hydrogen-bond acceptors (Lipinski definition) is 5. The summed E-state index contributed by atoms with van der Waals surface area (Å²) in [5, 5.41) is 8.77. The third-order valence-corrected chi connectivity index (χ3v) is 4.32. The van der Waals surface area contributed by atoms with Gasteiger partial charge in [-0.3, -0.25) is 4.90 Å². The molecular weight excluding hydrogens is 262 g/mol. The molecule has 0 fully saturated rings. The van der Waals surface area contributed by atoms with Gasteiger partial charge in [-0.1, -0.05) is 13.0 Å². The third-order valence-electron chi connectivity index (χ3n) is 2.56. The molecule has 0 saturated heterocycles. The lowest BCUT2D eigenvalue weighted by molar-refractivity contribution is 0.318. The minimum Gasteiger partial charge on any atom is -0.311 e. The van der Waals surface area contributed by atoms with Crippen LogP contribution in [0.2, 0.25) is 0 Å². The van der Waals surface area contributed by atoms with E-state index < -0.39 is 0 Å². The van der Waals surface area contributed by atoms with Crippen molar-refractivity contribution >= 4 is 22.7 Å². The Morgan fingerprint density at radius 1 is 1.33 bits per heavy atom. The van der Waals surface area contributed by atoms with Crippen molar-refractivity contribution in [1.82, 2.24) is 15.2 Å². The quantitative estimate of drug-likeness (QED) is 0.846. The molecule has 1 N–H and O–H groups in total. The third kappa shape index (κ3) is 4.17. The van der Waals surface area contributed by atoms with Crippen LogP contribution in [-0.2, 0) is 19.6 Å². The standard InChI is InChI=1S/C13H19N3S2/c1-3-14-7-13-15-11(10-18-13)8-16(2)9-12-5-4-6-17-12/h4-6,10,14H,3,7-9H2,1-2H3. The lowest BCUT2D eigenvalue weighted by Crippen LogP contribution is -2.17. The van der Waals surface area contributed by atoms with Crippen LogP contribution in [-0.4, -0.2) is 23.5 Å². The van der Waals surface area contributed by atoms with Crippen LogP contribution in [0.1, 0.15) is 22.5 Å². The molecule has 0 amide bonds. The zero-order valence-electron chi connectivity index (χ0n) is 10.8. The summed E-state index contributed by atoms with van der Waals surface area (Å²) in [7, 11) is 2.14. The number of rotatable bonds is 7. The molecule has 0 aliphatic rings.